The summed E-state index contributed by atoms with van der Waals surface area (Å²) in [4.78, 5) is 2.69. The van der Waals surface area contributed by atoms with Crippen molar-refractivity contribution in [2.24, 2.45) is 11.3 Å². The van der Waals surface area contributed by atoms with Crippen LogP contribution in [0.25, 0.3) is 0 Å². The van der Waals surface area contributed by atoms with Gasteiger partial charge in [0.2, 0.25) is 0 Å². The summed E-state index contributed by atoms with van der Waals surface area (Å²) in [6.45, 7) is 9.64. The molecule has 1 N–H and O–H groups in total. The van der Waals surface area contributed by atoms with Crippen molar-refractivity contribution in [1.82, 2.24) is 10.2 Å². The van der Waals surface area contributed by atoms with Crippen molar-refractivity contribution in [3.8, 4) is 0 Å². The van der Waals surface area contributed by atoms with Gasteiger partial charge in [-0.15, -0.1) is 0 Å². The minimum atomic E-state index is 0.590. The lowest BCUT2D eigenvalue weighted by molar-refractivity contribution is -0.105. The molecule has 3 aliphatic rings. The van der Waals surface area contributed by atoms with Crippen molar-refractivity contribution in [1.29, 1.82) is 0 Å². The second-order valence-corrected chi connectivity index (χ2v) is 6.73. The fourth-order valence-electron chi connectivity index (χ4n) is 3.77. The third-order valence-electron chi connectivity index (χ3n) is 5.18. The fraction of sp³-hybridized carbons (Fsp3) is 1.00. The van der Waals surface area contributed by atoms with E-state index in [1.54, 1.807) is 0 Å². The summed E-state index contributed by atoms with van der Waals surface area (Å²) in [6, 6.07) is 0. The molecule has 18 heavy (non-hydrogen) atoms. The fourth-order valence-corrected chi connectivity index (χ4v) is 3.77. The number of nitrogens with zero attached hydrogens (tertiary/aromatic N) is 1. The number of hydrogen-bond donors (Lipinski definition) is 1. The molecule has 3 fully saturated rings. The molecule has 0 aromatic heterocycles. The monoisotopic (exact) mass is 252 g/mol. The molecule has 3 rings (SSSR count). The summed E-state index contributed by atoms with van der Waals surface area (Å²) < 4.78 is 5.85. The molecule has 1 spiro atoms. The van der Waals surface area contributed by atoms with Gasteiger partial charge in [0.25, 0.3) is 0 Å². The number of nitrogens with one attached hydrogen (secondary N) is 1. The molecule has 0 bridgehead atoms. The molecule has 0 radical (unpaired) electrons. The quantitative estimate of drug-likeness (QED) is 0.808. The number of rotatable bonds is 5. The summed E-state index contributed by atoms with van der Waals surface area (Å²) >= 11 is 0. The van der Waals surface area contributed by atoms with E-state index in [4.69, 9.17) is 4.74 Å². The molecule has 104 valence electrons. The Kier molecular flexibility index (Phi) is 3.92. The average molecular weight is 252 g/mol. The zero-order valence-electron chi connectivity index (χ0n) is 11.8. The van der Waals surface area contributed by atoms with E-state index in [0.717, 1.165) is 18.9 Å². The Hall–Kier alpha value is -0.120. The molecule has 0 aromatic rings. The normalized spacial score (nSPS) is 29.2. The SMILES string of the molecule is CCCOC1CC2(CCN(CC3CNC3)CC2)C1. The number of piperidine rings is 1. The molecule has 0 aromatic carbocycles. The van der Waals surface area contributed by atoms with Crippen molar-refractivity contribution in [3.05, 3.63) is 0 Å². The van der Waals surface area contributed by atoms with Gasteiger partial charge in [0.05, 0.1) is 6.10 Å². The molecule has 2 saturated heterocycles. The van der Waals surface area contributed by atoms with Crippen molar-refractivity contribution in [3.63, 3.8) is 0 Å². The van der Waals surface area contributed by atoms with E-state index in [9.17, 15) is 0 Å². The van der Waals surface area contributed by atoms with E-state index >= 15 is 0 Å². The van der Waals surface area contributed by atoms with Crippen LogP contribution in [0.4, 0.5) is 0 Å². The first kappa shape index (κ1) is 12.9. The minimum absolute atomic E-state index is 0.590. The minimum Gasteiger partial charge on any atom is -0.378 e. The van der Waals surface area contributed by atoms with Crippen molar-refractivity contribution < 1.29 is 4.74 Å². The lowest BCUT2D eigenvalue weighted by atomic mass is 9.61. The van der Waals surface area contributed by atoms with E-state index in [2.05, 4.69) is 17.1 Å². The van der Waals surface area contributed by atoms with Gasteiger partial charge in [0.15, 0.2) is 0 Å². The molecule has 0 amide bonds. The molecular formula is C15H28N2O. The maximum Gasteiger partial charge on any atom is 0.0585 e. The summed E-state index contributed by atoms with van der Waals surface area (Å²) in [5.74, 6) is 0.932. The average Bonchev–Trinajstić information content (AvgIpc) is 2.30. The van der Waals surface area contributed by atoms with E-state index in [-0.39, 0.29) is 0 Å². The van der Waals surface area contributed by atoms with Gasteiger partial charge in [-0.1, -0.05) is 6.92 Å². The molecule has 1 saturated carbocycles. The lowest BCUT2D eigenvalue weighted by Gasteiger charge is -2.52. The third kappa shape index (κ3) is 2.73. The number of ether oxygens (including phenoxy) is 1. The first-order valence-electron chi connectivity index (χ1n) is 7.84. The standard InChI is InChI=1S/C15H28N2O/c1-2-7-18-14-8-15(9-14)3-5-17(6-4-15)12-13-10-16-11-13/h13-14,16H,2-12H2,1H3. The van der Waals surface area contributed by atoms with Crippen molar-refractivity contribution in [2.45, 2.75) is 45.1 Å². The predicted octanol–water partition coefficient (Wildman–Crippen LogP) is 1.88. The molecular weight excluding hydrogens is 224 g/mol. The van der Waals surface area contributed by atoms with E-state index < -0.39 is 0 Å². The van der Waals surface area contributed by atoms with E-state index in [0.29, 0.717) is 11.5 Å². The lowest BCUT2D eigenvalue weighted by Crippen LogP contribution is -2.53. The highest BCUT2D eigenvalue weighted by Crippen LogP contribution is 2.50. The summed E-state index contributed by atoms with van der Waals surface area (Å²) in [7, 11) is 0. The Morgan fingerprint density at radius 2 is 1.94 bits per heavy atom. The third-order valence-corrected chi connectivity index (χ3v) is 5.18. The maximum absolute atomic E-state index is 5.85. The van der Waals surface area contributed by atoms with Gasteiger partial charge in [0, 0.05) is 26.2 Å². The first-order chi connectivity index (χ1) is 8.80. The Morgan fingerprint density at radius 1 is 1.22 bits per heavy atom. The predicted molar refractivity (Wildman–Crippen MR) is 73.7 cm³/mol. The van der Waals surface area contributed by atoms with Crippen LogP contribution in [0.15, 0.2) is 0 Å². The van der Waals surface area contributed by atoms with Crippen LogP contribution in [0.2, 0.25) is 0 Å². The Labute approximate surface area is 111 Å². The maximum atomic E-state index is 5.85. The first-order valence-corrected chi connectivity index (χ1v) is 7.84. The Morgan fingerprint density at radius 3 is 2.50 bits per heavy atom. The highest BCUT2D eigenvalue weighted by Gasteiger charge is 2.46. The van der Waals surface area contributed by atoms with E-state index in [1.807, 2.05) is 0 Å². The van der Waals surface area contributed by atoms with Gasteiger partial charge < -0.3 is 15.0 Å². The molecule has 2 heterocycles. The van der Waals surface area contributed by atoms with Crippen LogP contribution in [0, 0.1) is 11.3 Å². The van der Waals surface area contributed by atoms with Crippen LogP contribution in [0.5, 0.6) is 0 Å². The highest BCUT2D eigenvalue weighted by molar-refractivity contribution is 4.98. The van der Waals surface area contributed by atoms with Crippen LogP contribution in [0.3, 0.4) is 0 Å². The summed E-state index contributed by atoms with van der Waals surface area (Å²) in [6.07, 6.45) is 7.26. The van der Waals surface area contributed by atoms with Gasteiger partial charge in [-0.2, -0.15) is 0 Å². The molecule has 1 aliphatic carbocycles. The summed E-state index contributed by atoms with van der Waals surface area (Å²) in [5.41, 5.74) is 0.673. The van der Waals surface area contributed by atoms with Crippen LogP contribution >= 0.6 is 0 Å². The highest BCUT2D eigenvalue weighted by atomic mass is 16.5. The smallest absolute Gasteiger partial charge is 0.0585 e. The zero-order chi connectivity index (χ0) is 12.4. The number of likely N-dealkylation sites (tertiary alicyclic amines) is 1. The Bertz CT molecular complexity index is 262. The molecule has 3 heteroatoms. The molecule has 0 atom stereocenters. The second-order valence-electron chi connectivity index (χ2n) is 6.73. The van der Waals surface area contributed by atoms with Gasteiger partial charge in [-0.25, -0.2) is 0 Å². The van der Waals surface area contributed by atoms with Gasteiger partial charge >= 0.3 is 0 Å². The second kappa shape index (κ2) is 5.48. The van der Waals surface area contributed by atoms with Gasteiger partial charge in [0.1, 0.15) is 0 Å². The van der Waals surface area contributed by atoms with Crippen LogP contribution in [0.1, 0.15) is 39.0 Å². The van der Waals surface area contributed by atoms with Crippen LogP contribution in [-0.2, 0) is 4.74 Å². The molecule has 3 nitrogen and oxygen atoms in total. The topological polar surface area (TPSA) is 24.5 Å². The molecule has 2 aliphatic heterocycles. The Balaban J connectivity index is 1.35. The molecule has 0 unspecified atom stereocenters. The number of hydrogen-bond acceptors (Lipinski definition) is 3. The van der Waals surface area contributed by atoms with Gasteiger partial charge in [-0.05, 0) is 56.5 Å². The largest absolute Gasteiger partial charge is 0.378 e. The van der Waals surface area contributed by atoms with Crippen LogP contribution < -0.4 is 5.32 Å². The summed E-state index contributed by atoms with van der Waals surface area (Å²) in [5, 5.41) is 3.37. The van der Waals surface area contributed by atoms with E-state index in [1.165, 1.54) is 58.4 Å². The van der Waals surface area contributed by atoms with Crippen molar-refractivity contribution >= 4 is 0 Å². The van der Waals surface area contributed by atoms with Gasteiger partial charge in [-0.3, -0.25) is 0 Å². The zero-order valence-corrected chi connectivity index (χ0v) is 11.8. The van der Waals surface area contributed by atoms with Crippen molar-refractivity contribution in [2.75, 3.05) is 39.3 Å². The van der Waals surface area contributed by atoms with Crippen LogP contribution in [-0.4, -0.2) is 50.3 Å².